The quantitative estimate of drug-likeness (QED) is 0.237. The van der Waals surface area contributed by atoms with E-state index in [0.717, 1.165) is 22.3 Å². The normalized spacial score (nSPS) is 11.2. The van der Waals surface area contributed by atoms with Crippen LogP contribution in [0.5, 0.6) is 0 Å². The van der Waals surface area contributed by atoms with Gasteiger partial charge in [-0.3, -0.25) is 0 Å². The molecule has 0 saturated carbocycles. The third kappa shape index (κ3) is 4.07. The first-order valence-corrected chi connectivity index (χ1v) is 11.7. The number of aromatic nitrogens is 5. The van der Waals surface area contributed by atoms with Crippen LogP contribution in [0.1, 0.15) is 0 Å². The Morgan fingerprint density at radius 3 is 1.42 bits per heavy atom. The predicted molar refractivity (Wildman–Crippen MR) is 137 cm³/mol. The third-order valence-electron chi connectivity index (χ3n) is 5.92. The first-order valence-electron chi connectivity index (χ1n) is 11.7. The lowest BCUT2D eigenvalue weighted by Gasteiger charge is -2.01. The van der Waals surface area contributed by atoms with Crippen molar-refractivity contribution in [1.82, 2.24) is 24.9 Å². The van der Waals surface area contributed by atoms with Crippen molar-refractivity contribution >= 4 is 0 Å². The van der Waals surface area contributed by atoms with Crippen LogP contribution in [0.4, 0.5) is 0 Å². The van der Waals surface area contributed by atoms with Crippen molar-refractivity contribution in [3.63, 3.8) is 0 Å². The molecule has 0 radical (unpaired) electrons. The van der Waals surface area contributed by atoms with E-state index in [4.69, 9.17) is 22.7 Å². The van der Waals surface area contributed by atoms with Gasteiger partial charge in [0.15, 0.2) is 35.8 Å². The smallest absolute Gasteiger partial charge is 0.226 e. The molecule has 9 heteroatoms. The van der Waals surface area contributed by atoms with Crippen LogP contribution in [0.15, 0.2) is 122 Å². The minimum absolute atomic E-state index is 0.474. The standard InChI is InChI=1S/C29H17N5O4/c1-4-18(24-12-30-16-35-24)10-20(6-1)28-32-14-26(37-28)22-8-3-9-23(34-22)27-15-33-29(38-27)21-7-2-5-19(11-21)25-13-31-17-36-25/h1-17H. The maximum Gasteiger partial charge on any atom is 0.226 e. The molecule has 0 atom stereocenters. The van der Waals surface area contributed by atoms with E-state index in [1.807, 2.05) is 66.7 Å². The van der Waals surface area contributed by atoms with Crippen LogP contribution < -0.4 is 0 Å². The minimum atomic E-state index is 0.474. The minimum Gasteiger partial charge on any atom is -0.444 e. The molecule has 0 fully saturated rings. The molecule has 0 saturated heterocycles. The van der Waals surface area contributed by atoms with Gasteiger partial charge < -0.3 is 17.7 Å². The van der Waals surface area contributed by atoms with E-state index in [0.29, 0.717) is 46.2 Å². The van der Waals surface area contributed by atoms with E-state index in [9.17, 15) is 0 Å². The number of benzene rings is 2. The molecular weight excluding hydrogens is 482 g/mol. The SMILES string of the molecule is c1cc(-c2cnco2)cc(-c2ncc(-c3cccc(-c4cnc(-c5cccc(-c6cnco6)c5)o4)n3)o2)c1. The summed E-state index contributed by atoms with van der Waals surface area (Å²) in [5, 5.41) is 0. The van der Waals surface area contributed by atoms with E-state index in [1.165, 1.54) is 12.8 Å². The Morgan fingerprint density at radius 1 is 0.474 bits per heavy atom. The van der Waals surface area contributed by atoms with Crippen molar-refractivity contribution in [3.8, 4) is 68.5 Å². The van der Waals surface area contributed by atoms with Crippen LogP contribution >= 0.6 is 0 Å². The Morgan fingerprint density at radius 2 is 0.947 bits per heavy atom. The van der Waals surface area contributed by atoms with Gasteiger partial charge in [0.1, 0.15) is 11.4 Å². The average Bonchev–Trinajstić information content (AvgIpc) is 3.80. The van der Waals surface area contributed by atoms with Crippen molar-refractivity contribution in [3.05, 3.63) is 104 Å². The zero-order valence-electron chi connectivity index (χ0n) is 19.7. The van der Waals surface area contributed by atoms with E-state index in [-0.39, 0.29) is 0 Å². The van der Waals surface area contributed by atoms with Gasteiger partial charge in [-0.2, -0.15) is 0 Å². The van der Waals surface area contributed by atoms with Crippen LogP contribution in [-0.2, 0) is 0 Å². The van der Waals surface area contributed by atoms with Crippen molar-refractivity contribution in [2.45, 2.75) is 0 Å². The molecule has 9 nitrogen and oxygen atoms in total. The number of pyridine rings is 1. The van der Waals surface area contributed by atoms with E-state index in [1.54, 1.807) is 24.8 Å². The molecule has 0 amide bonds. The van der Waals surface area contributed by atoms with Crippen molar-refractivity contribution in [1.29, 1.82) is 0 Å². The fraction of sp³-hybridized carbons (Fsp3) is 0. The zero-order valence-corrected chi connectivity index (χ0v) is 19.7. The highest BCUT2D eigenvalue weighted by molar-refractivity contribution is 5.69. The van der Waals surface area contributed by atoms with Gasteiger partial charge in [-0.1, -0.05) is 30.3 Å². The summed E-state index contributed by atoms with van der Waals surface area (Å²) in [6.07, 6.45) is 9.44. The molecule has 0 bridgehead atoms. The number of hydrogen-bond acceptors (Lipinski definition) is 9. The van der Waals surface area contributed by atoms with Crippen molar-refractivity contribution < 1.29 is 17.7 Å². The Hall–Kier alpha value is -5.57. The van der Waals surface area contributed by atoms with Gasteiger partial charge in [-0.25, -0.2) is 24.9 Å². The largest absolute Gasteiger partial charge is 0.444 e. The summed E-state index contributed by atoms with van der Waals surface area (Å²) in [6, 6.07) is 21.0. The van der Waals surface area contributed by atoms with E-state index < -0.39 is 0 Å². The highest BCUT2D eigenvalue weighted by atomic mass is 16.4. The van der Waals surface area contributed by atoms with Gasteiger partial charge in [-0.15, -0.1) is 0 Å². The Bertz CT molecular complexity index is 1700. The monoisotopic (exact) mass is 499 g/mol. The van der Waals surface area contributed by atoms with Gasteiger partial charge in [0.25, 0.3) is 0 Å². The molecule has 0 N–H and O–H groups in total. The number of rotatable bonds is 6. The molecule has 0 aliphatic rings. The topological polar surface area (TPSA) is 117 Å². The second-order valence-corrected chi connectivity index (χ2v) is 8.36. The lowest BCUT2D eigenvalue weighted by Crippen LogP contribution is -1.85. The molecule has 5 aromatic heterocycles. The third-order valence-corrected chi connectivity index (χ3v) is 5.92. The average molecular weight is 499 g/mol. The highest BCUT2D eigenvalue weighted by Crippen LogP contribution is 2.31. The highest BCUT2D eigenvalue weighted by Gasteiger charge is 2.15. The van der Waals surface area contributed by atoms with Crippen LogP contribution in [0.25, 0.3) is 68.5 Å². The van der Waals surface area contributed by atoms with Crippen molar-refractivity contribution in [2.24, 2.45) is 0 Å². The van der Waals surface area contributed by atoms with E-state index >= 15 is 0 Å². The molecule has 7 aromatic rings. The summed E-state index contributed by atoms with van der Waals surface area (Å²) in [7, 11) is 0. The molecular formula is C29H17N5O4. The number of oxazole rings is 4. The molecule has 7 rings (SSSR count). The summed E-state index contributed by atoms with van der Waals surface area (Å²) >= 11 is 0. The Balaban J connectivity index is 1.16. The second-order valence-electron chi connectivity index (χ2n) is 8.36. The van der Waals surface area contributed by atoms with Crippen LogP contribution in [-0.4, -0.2) is 24.9 Å². The molecule has 38 heavy (non-hydrogen) atoms. The summed E-state index contributed by atoms with van der Waals surface area (Å²) in [5.74, 6) is 3.36. The number of nitrogens with zero attached hydrogens (tertiary/aromatic N) is 5. The van der Waals surface area contributed by atoms with E-state index in [2.05, 4.69) is 19.9 Å². The number of hydrogen-bond donors (Lipinski definition) is 0. The molecule has 2 aromatic carbocycles. The van der Waals surface area contributed by atoms with Gasteiger partial charge in [0, 0.05) is 22.3 Å². The molecule has 0 unspecified atom stereocenters. The molecule has 0 aliphatic heterocycles. The maximum absolute atomic E-state index is 6.06. The summed E-state index contributed by atoms with van der Waals surface area (Å²) in [6.45, 7) is 0. The Kier molecular flexibility index (Phi) is 5.22. The first kappa shape index (κ1) is 21.7. The predicted octanol–water partition coefficient (Wildman–Crippen LogP) is 7.04. The van der Waals surface area contributed by atoms with Crippen LogP contribution in [0.2, 0.25) is 0 Å². The first-order chi connectivity index (χ1) is 18.8. The molecule has 5 heterocycles. The van der Waals surface area contributed by atoms with Crippen LogP contribution in [0.3, 0.4) is 0 Å². The second kappa shape index (κ2) is 9.14. The summed E-state index contributed by atoms with van der Waals surface area (Å²) in [5.41, 5.74) is 4.64. The maximum atomic E-state index is 6.06. The summed E-state index contributed by atoms with van der Waals surface area (Å²) < 4.78 is 22.9. The van der Waals surface area contributed by atoms with Gasteiger partial charge >= 0.3 is 0 Å². The lowest BCUT2D eigenvalue weighted by atomic mass is 10.1. The van der Waals surface area contributed by atoms with Crippen LogP contribution in [0, 0.1) is 0 Å². The van der Waals surface area contributed by atoms with Gasteiger partial charge in [-0.05, 0) is 36.4 Å². The Labute approximate surface area is 215 Å². The van der Waals surface area contributed by atoms with Crippen molar-refractivity contribution in [2.75, 3.05) is 0 Å². The molecule has 182 valence electrons. The van der Waals surface area contributed by atoms with Gasteiger partial charge in [0.05, 0.1) is 24.8 Å². The zero-order chi connectivity index (χ0) is 25.3. The van der Waals surface area contributed by atoms with Gasteiger partial charge in [0.2, 0.25) is 11.8 Å². The summed E-state index contributed by atoms with van der Waals surface area (Å²) in [4.78, 5) is 21.6. The fourth-order valence-corrected chi connectivity index (χ4v) is 4.09. The fourth-order valence-electron chi connectivity index (χ4n) is 4.09. The lowest BCUT2D eigenvalue weighted by molar-refractivity contribution is 0.571. The molecule has 0 aliphatic carbocycles. The molecule has 0 spiro atoms.